The Kier molecular flexibility index (Phi) is 6.57. The molecule has 0 atom stereocenters. The summed E-state index contributed by atoms with van der Waals surface area (Å²) in [6.45, 7) is 5.80. The van der Waals surface area contributed by atoms with E-state index < -0.39 is 0 Å². The molecule has 0 bridgehead atoms. The highest BCUT2D eigenvalue weighted by Crippen LogP contribution is 2.23. The number of aryl methyl sites for hydroxylation is 1. The second-order valence-electron chi connectivity index (χ2n) is 5.93. The third-order valence-corrected chi connectivity index (χ3v) is 3.82. The number of amides is 2. The van der Waals surface area contributed by atoms with E-state index in [0.29, 0.717) is 30.8 Å². The first-order valence-corrected chi connectivity index (χ1v) is 8.33. The Morgan fingerprint density at radius 2 is 1.64 bits per heavy atom. The van der Waals surface area contributed by atoms with E-state index in [-0.39, 0.29) is 11.8 Å². The first kappa shape index (κ1) is 18.5. The van der Waals surface area contributed by atoms with Crippen molar-refractivity contribution >= 4 is 23.2 Å². The SMILES string of the molecule is CC(=O)Nc1cccc(NC(=O)CCCOc2ccccc2C)c1C. The fourth-order valence-electron chi connectivity index (χ4n) is 2.44. The van der Waals surface area contributed by atoms with Gasteiger partial charge in [-0.1, -0.05) is 24.3 Å². The Morgan fingerprint density at radius 3 is 2.32 bits per heavy atom. The molecule has 0 aliphatic rings. The summed E-state index contributed by atoms with van der Waals surface area (Å²) < 4.78 is 5.70. The maximum Gasteiger partial charge on any atom is 0.224 e. The number of carbonyl (C=O) groups is 2. The zero-order valence-electron chi connectivity index (χ0n) is 14.9. The molecular formula is C20H24N2O3. The topological polar surface area (TPSA) is 67.4 Å². The van der Waals surface area contributed by atoms with Crippen molar-refractivity contribution in [2.45, 2.75) is 33.6 Å². The van der Waals surface area contributed by atoms with Gasteiger partial charge >= 0.3 is 0 Å². The number of nitrogens with one attached hydrogen (secondary N) is 2. The molecule has 0 aliphatic carbocycles. The molecule has 25 heavy (non-hydrogen) atoms. The van der Waals surface area contributed by atoms with Crippen LogP contribution in [0.2, 0.25) is 0 Å². The summed E-state index contributed by atoms with van der Waals surface area (Å²) in [5.74, 6) is 0.637. The van der Waals surface area contributed by atoms with Gasteiger partial charge in [-0.05, 0) is 49.6 Å². The second-order valence-corrected chi connectivity index (χ2v) is 5.93. The van der Waals surface area contributed by atoms with Gasteiger partial charge in [0.25, 0.3) is 0 Å². The summed E-state index contributed by atoms with van der Waals surface area (Å²) in [5, 5.41) is 5.64. The Labute approximate surface area is 148 Å². The normalized spacial score (nSPS) is 10.2. The molecule has 5 heteroatoms. The molecule has 2 N–H and O–H groups in total. The lowest BCUT2D eigenvalue weighted by Crippen LogP contribution is -2.15. The van der Waals surface area contributed by atoms with Gasteiger partial charge in [0.05, 0.1) is 6.61 Å². The highest BCUT2D eigenvalue weighted by atomic mass is 16.5. The number of hydrogen-bond donors (Lipinski definition) is 2. The summed E-state index contributed by atoms with van der Waals surface area (Å²) in [5.41, 5.74) is 3.32. The van der Waals surface area contributed by atoms with Gasteiger partial charge in [-0.15, -0.1) is 0 Å². The van der Waals surface area contributed by atoms with E-state index >= 15 is 0 Å². The molecule has 0 spiro atoms. The molecule has 5 nitrogen and oxygen atoms in total. The first-order chi connectivity index (χ1) is 12.0. The van der Waals surface area contributed by atoms with Crippen molar-refractivity contribution in [3.8, 4) is 5.75 Å². The van der Waals surface area contributed by atoms with Crippen LogP contribution in [0.3, 0.4) is 0 Å². The van der Waals surface area contributed by atoms with Crippen LogP contribution in [-0.2, 0) is 9.59 Å². The Balaban J connectivity index is 1.82. The van der Waals surface area contributed by atoms with Gasteiger partial charge < -0.3 is 15.4 Å². The Bertz CT molecular complexity index is 756. The molecule has 0 aliphatic heterocycles. The zero-order valence-corrected chi connectivity index (χ0v) is 14.9. The van der Waals surface area contributed by atoms with E-state index in [1.807, 2.05) is 50.2 Å². The van der Waals surface area contributed by atoms with Gasteiger partial charge in [-0.3, -0.25) is 9.59 Å². The monoisotopic (exact) mass is 340 g/mol. The van der Waals surface area contributed by atoms with Crippen LogP contribution < -0.4 is 15.4 Å². The average Bonchev–Trinajstić information content (AvgIpc) is 2.56. The minimum Gasteiger partial charge on any atom is -0.493 e. The minimum atomic E-state index is -0.139. The van der Waals surface area contributed by atoms with Crippen molar-refractivity contribution in [3.63, 3.8) is 0 Å². The summed E-state index contributed by atoms with van der Waals surface area (Å²) in [7, 11) is 0. The largest absolute Gasteiger partial charge is 0.493 e. The van der Waals surface area contributed by atoms with Crippen molar-refractivity contribution in [2.75, 3.05) is 17.2 Å². The van der Waals surface area contributed by atoms with E-state index in [4.69, 9.17) is 4.74 Å². The number of anilines is 2. The van der Waals surface area contributed by atoms with Crippen LogP contribution in [0.15, 0.2) is 42.5 Å². The summed E-state index contributed by atoms with van der Waals surface area (Å²) >= 11 is 0. The molecule has 0 aromatic heterocycles. The molecule has 2 aromatic carbocycles. The number of hydrogen-bond acceptors (Lipinski definition) is 3. The lowest BCUT2D eigenvalue weighted by molar-refractivity contribution is -0.116. The molecular weight excluding hydrogens is 316 g/mol. The molecule has 0 fully saturated rings. The second kappa shape index (κ2) is 8.87. The summed E-state index contributed by atoms with van der Waals surface area (Å²) in [6, 6.07) is 13.2. The minimum absolute atomic E-state index is 0.0727. The number of benzene rings is 2. The van der Waals surface area contributed by atoms with E-state index in [1.54, 1.807) is 6.07 Å². The summed E-state index contributed by atoms with van der Waals surface area (Å²) in [4.78, 5) is 23.3. The standard InChI is InChI=1S/C20H24N2O3/c1-14-8-4-5-11-19(14)25-13-7-12-20(24)22-18-10-6-9-17(15(18)2)21-16(3)23/h4-6,8-11H,7,12-13H2,1-3H3,(H,21,23)(H,22,24). The molecule has 2 rings (SSSR count). The maximum absolute atomic E-state index is 12.1. The predicted octanol–water partition coefficient (Wildman–Crippen LogP) is 4.06. The van der Waals surface area contributed by atoms with Crippen LogP contribution in [0.5, 0.6) is 5.75 Å². The number of rotatable bonds is 7. The number of ether oxygens (including phenoxy) is 1. The van der Waals surface area contributed by atoms with Gasteiger partial charge in [0, 0.05) is 24.7 Å². The van der Waals surface area contributed by atoms with Crippen molar-refractivity contribution < 1.29 is 14.3 Å². The third kappa shape index (κ3) is 5.64. The van der Waals surface area contributed by atoms with Crippen molar-refractivity contribution in [1.29, 1.82) is 0 Å². The number of carbonyl (C=O) groups excluding carboxylic acids is 2. The van der Waals surface area contributed by atoms with E-state index in [9.17, 15) is 9.59 Å². The lowest BCUT2D eigenvalue weighted by atomic mass is 10.1. The third-order valence-electron chi connectivity index (χ3n) is 3.82. The van der Waals surface area contributed by atoms with Gasteiger partial charge in [0.2, 0.25) is 11.8 Å². The van der Waals surface area contributed by atoms with E-state index in [0.717, 1.165) is 16.9 Å². The van der Waals surface area contributed by atoms with Gasteiger partial charge in [-0.25, -0.2) is 0 Å². The van der Waals surface area contributed by atoms with E-state index in [1.165, 1.54) is 6.92 Å². The fraction of sp³-hybridized carbons (Fsp3) is 0.300. The van der Waals surface area contributed by atoms with Gasteiger partial charge in [-0.2, -0.15) is 0 Å². The van der Waals surface area contributed by atoms with E-state index in [2.05, 4.69) is 10.6 Å². The van der Waals surface area contributed by atoms with Crippen molar-refractivity contribution in [3.05, 3.63) is 53.6 Å². The van der Waals surface area contributed by atoms with Crippen molar-refractivity contribution in [2.24, 2.45) is 0 Å². The van der Waals surface area contributed by atoms with Crippen LogP contribution in [0.4, 0.5) is 11.4 Å². The molecule has 0 unspecified atom stereocenters. The average molecular weight is 340 g/mol. The maximum atomic E-state index is 12.1. The Hall–Kier alpha value is -2.82. The molecule has 0 heterocycles. The van der Waals surface area contributed by atoms with Crippen LogP contribution in [0.1, 0.15) is 30.9 Å². The molecule has 2 aromatic rings. The first-order valence-electron chi connectivity index (χ1n) is 8.33. The van der Waals surface area contributed by atoms with Crippen LogP contribution in [0, 0.1) is 13.8 Å². The molecule has 2 amide bonds. The molecule has 0 radical (unpaired) electrons. The van der Waals surface area contributed by atoms with Crippen molar-refractivity contribution in [1.82, 2.24) is 0 Å². The molecule has 0 saturated carbocycles. The molecule has 0 saturated heterocycles. The van der Waals surface area contributed by atoms with Crippen LogP contribution in [-0.4, -0.2) is 18.4 Å². The highest BCUT2D eigenvalue weighted by Gasteiger charge is 2.08. The van der Waals surface area contributed by atoms with Crippen LogP contribution in [0.25, 0.3) is 0 Å². The van der Waals surface area contributed by atoms with Crippen LogP contribution >= 0.6 is 0 Å². The Morgan fingerprint density at radius 1 is 0.960 bits per heavy atom. The van der Waals surface area contributed by atoms with Gasteiger partial charge in [0.1, 0.15) is 5.75 Å². The lowest BCUT2D eigenvalue weighted by Gasteiger charge is -2.13. The highest BCUT2D eigenvalue weighted by molar-refractivity contribution is 5.95. The molecule has 132 valence electrons. The number of para-hydroxylation sites is 1. The smallest absolute Gasteiger partial charge is 0.224 e. The summed E-state index contributed by atoms with van der Waals surface area (Å²) in [6.07, 6.45) is 1.00. The van der Waals surface area contributed by atoms with Gasteiger partial charge in [0.15, 0.2) is 0 Å². The quantitative estimate of drug-likeness (QED) is 0.747. The fourth-order valence-corrected chi connectivity index (χ4v) is 2.44. The zero-order chi connectivity index (χ0) is 18.2. The predicted molar refractivity (Wildman–Crippen MR) is 100 cm³/mol.